The Morgan fingerprint density at radius 1 is 1.43 bits per heavy atom. The summed E-state index contributed by atoms with van der Waals surface area (Å²) in [6, 6.07) is 5.05. The summed E-state index contributed by atoms with van der Waals surface area (Å²) in [5.41, 5.74) is -0.849. The van der Waals surface area contributed by atoms with Crippen LogP contribution >= 0.6 is 0 Å². The zero-order valence-electron chi connectivity index (χ0n) is 11.6. The first-order valence-corrected chi connectivity index (χ1v) is 6.45. The molecule has 0 aliphatic heterocycles. The maximum atomic E-state index is 12.0. The smallest absolute Gasteiger partial charge is 0.344 e. The summed E-state index contributed by atoms with van der Waals surface area (Å²) in [4.78, 5) is 34.0. The van der Waals surface area contributed by atoms with Gasteiger partial charge < -0.3 is 9.73 Å². The third-order valence-electron chi connectivity index (χ3n) is 3.17. The van der Waals surface area contributed by atoms with E-state index in [1.807, 2.05) is 13.8 Å². The van der Waals surface area contributed by atoms with E-state index < -0.39 is 16.5 Å². The van der Waals surface area contributed by atoms with Gasteiger partial charge in [-0.05, 0) is 30.9 Å². The maximum absolute atomic E-state index is 12.0. The monoisotopic (exact) mass is 290 g/mol. The van der Waals surface area contributed by atoms with Crippen LogP contribution in [0.4, 0.5) is 5.69 Å². The highest BCUT2D eigenvalue weighted by molar-refractivity contribution is 5.95. The largest absolute Gasteiger partial charge is 0.417 e. The molecule has 1 atom stereocenters. The molecule has 0 fully saturated rings. The second-order valence-corrected chi connectivity index (χ2v) is 4.71. The minimum atomic E-state index is -0.698. The molecule has 2 aromatic rings. The molecule has 21 heavy (non-hydrogen) atoms. The van der Waals surface area contributed by atoms with E-state index in [2.05, 4.69) is 5.32 Å². The highest BCUT2D eigenvalue weighted by Crippen LogP contribution is 2.19. The molecular formula is C14H14N2O5. The lowest BCUT2D eigenvalue weighted by atomic mass is 10.1. The fourth-order valence-corrected chi connectivity index (χ4v) is 1.80. The number of nitro benzene ring substituents is 1. The summed E-state index contributed by atoms with van der Waals surface area (Å²) in [5.74, 6) is -0.678. The molecule has 0 spiro atoms. The summed E-state index contributed by atoms with van der Waals surface area (Å²) < 4.78 is 4.96. The number of nitro groups is 1. The summed E-state index contributed by atoms with van der Waals surface area (Å²) in [7, 11) is 0. The zero-order valence-corrected chi connectivity index (χ0v) is 11.6. The minimum Gasteiger partial charge on any atom is -0.417 e. The Bertz CT molecular complexity index is 766. The van der Waals surface area contributed by atoms with Crippen molar-refractivity contribution in [3.8, 4) is 0 Å². The molecule has 1 N–H and O–H groups in total. The number of fused-ring (bicyclic) bond motifs is 1. The van der Waals surface area contributed by atoms with Crippen LogP contribution < -0.4 is 10.9 Å². The summed E-state index contributed by atoms with van der Waals surface area (Å²) in [6.45, 7) is 3.73. The molecular weight excluding hydrogens is 276 g/mol. The van der Waals surface area contributed by atoms with Crippen LogP contribution in [-0.4, -0.2) is 16.9 Å². The highest BCUT2D eigenvalue weighted by atomic mass is 16.6. The van der Waals surface area contributed by atoms with Crippen LogP contribution in [-0.2, 0) is 0 Å². The van der Waals surface area contributed by atoms with Crippen LogP contribution in [0.15, 0.2) is 33.5 Å². The zero-order chi connectivity index (χ0) is 15.6. The molecule has 7 nitrogen and oxygen atoms in total. The number of non-ortho nitro benzene ring substituents is 1. The SMILES string of the molecule is CCC(C)NC(=O)c1cc2cc([N+](=O)[O-])ccc2c(=O)o1. The molecule has 0 radical (unpaired) electrons. The van der Waals surface area contributed by atoms with E-state index in [1.54, 1.807) is 0 Å². The predicted octanol–water partition coefficient (Wildman–Crippen LogP) is 2.23. The summed E-state index contributed by atoms with van der Waals surface area (Å²) >= 11 is 0. The fraction of sp³-hybridized carbons (Fsp3) is 0.286. The Hall–Kier alpha value is -2.70. The molecule has 2 rings (SSSR count). The molecule has 0 aliphatic rings. The van der Waals surface area contributed by atoms with Gasteiger partial charge in [0.2, 0.25) is 0 Å². The number of amides is 1. The molecule has 7 heteroatoms. The number of hydrogen-bond donors (Lipinski definition) is 1. The van der Waals surface area contributed by atoms with Crippen molar-refractivity contribution in [2.75, 3.05) is 0 Å². The van der Waals surface area contributed by atoms with Crippen molar-refractivity contribution in [1.29, 1.82) is 0 Å². The van der Waals surface area contributed by atoms with Crippen molar-refractivity contribution in [3.05, 3.63) is 50.6 Å². The lowest BCUT2D eigenvalue weighted by Crippen LogP contribution is -2.32. The standard InChI is InChI=1S/C14H14N2O5/c1-3-8(2)15-13(17)12-7-9-6-10(16(19)20)4-5-11(9)14(18)21-12/h4-8H,3H2,1-2H3,(H,15,17). The van der Waals surface area contributed by atoms with Crippen molar-refractivity contribution in [2.45, 2.75) is 26.3 Å². The van der Waals surface area contributed by atoms with Gasteiger partial charge in [-0.2, -0.15) is 0 Å². The Balaban J connectivity index is 2.49. The number of nitrogens with one attached hydrogen (secondary N) is 1. The van der Waals surface area contributed by atoms with Crippen LogP contribution in [0.5, 0.6) is 0 Å². The van der Waals surface area contributed by atoms with Crippen LogP contribution in [0, 0.1) is 10.1 Å². The van der Waals surface area contributed by atoms with E-state index in [1.165, 1.54) is 24.3 Å². The van der Waals surface area contributed by atoms with E-state index >= 15 is 0 Å². The topological polar surface area (TPSA) is 102 Å². The average Bonchev–Trinajstić information content (AvgIpc) is 2.46. The van der Waals surface area contributed by atoms with E-state index in [0.29, 0.717) is 5.39 Å². The normalized spacial score (nSPS) is 12.1. The molecule has 1 amide bonds. The Kier molecular flexibility index (Phi) is 4.02. The van der Waals surface area contributed by atoms with Gasteiger partial charge in [-0.1, -0.05) is 6.92 Å². The molecule has 1 heterocycles. The molecule has 0 aliphatic carbocycles. The minimum absolute atomic E-state index is 0.0661. The van der Waals surface area contributed by atoms with Crippen LogP contribution in [0.3, 0.4) is 0 Å². The molecule has 1 aromatic carbocycles. The Morgan fingerprint density at radius 3 is 2.76 bits per heavy atom. The van der Waals surface area contributed by atoms with E-state index in [9.17, 15) is 19.7 Å². The van der Waals surface area contributed by atoms with Gasteiger partial charge in [0.15, 0.2) is 5.76 Å². The van der Waals surface area contributed by atoms with E-state index in [4.69, 9.17) is 4.42 Å². The molecule has 0 saturated heterocycles. The van der Waals surface area contributed by atoms with E-state index in [-0.39, 0.29) is 22.9 Å². The Labute approximate surface area is 119 Å². The van der Waals surface area contributed by atoms with Crippen molar-refractivity contribution in [3.63, 3.8) is 0 Å². The molecule has 0 bridgehead atoms. The van der Waals surface area contributed by atoms with Crippen molar-refractivity contribution in [1.82, 2.24) is 5.32 Å². The van der Waals surface area contributed by atoms with Crippen LogP contribution in [0.1, 0.15) is 30.8 Å². The number of rotatable bonds is 4. The second-order valence-electron chi connectivity index (χ2n) is 4.71. The lowest BCUT2D eigenvalue weighted by molar-refractivity contribution is -0.384. The first-order valence-electron chi connectivity index (χ1n) is 6.45. The fourth-order valence-electron chi connectivity index (χ4n) is 1.80. The summed E-state index contributed by atoms with van der Waals surface area (Å²) in [6.07, 6.45) is 0.731. The van der Waals surface area contributed by atoms with Crippen molar-refractivity contribution in [2.24, 2.45) is 0 Å². The van der Waals surface area contributed by atoms with Gasteiger partial charge in [-0.3, -0.25) is 14.9 Å². The highest BCUT2D eigenvalue weighted by Gasteiger charge is 2.15. The maximum Gasteiger partial charge on any atom is 0.344 e. The van der Waals surface area contributed by atoms with Gasteiger partial charge in [-0.25, -0.2) is 4.79 Å². The van der Waals surface area contributed by atoms with Gasteiger partial charge in [0.25, 0.3) is 11.6 Å². The van der Waals surface area contributed by atoms with E-state index in [0.717, 1.165) is 6.42 Å². The van der Waals surface area contributed by atoms with Gasteiger partial charge >= 0.3 is 5.63 Å². The van der Waals surface area contributed by atoms with Crippen LogP contribution in [0.2, 0.25) is 0 Å². The molecule has 110 valence electrons. The first-order chi connectivity index (χ1) is 9.92. The quantitative estimate of drug-likeness (QED) is 0.687. The number of carbonyl (C=O) groups is 1. The van der Waals surface area contributed by atoms with Crippen molar-refractivity contribution < 1.29 is 14.1 Å². The lowest BCUT2D eigenvalue weighted by Gasteiger charge is -2.10. The summed E-state index contributed by atoms with van der Waals surface area (Å²) in [5, 5.41) is 13.9. The third-order valence-corrected chi connectivity index (χ3v) is 3.17. The number of carbonyl (C=O) groups excluding carboxylic acids is 1. The molecule has 0 saturated carbocycles. The Morgan fingerprint density at radius 2 is 2.14 bits per heavy atom. The van der Waals surface area contributed by atoms with Gasteiger partial charge in [0.05, 0.1) is 10.3 Å². The average molecular weight is 290 g/mol. The second kappa shape index (κ2) is 5.74. The third kappa shape index (κ3) is 3.07. The van der Waals surface area contributed by atoms with Gasteiger partial charge in [0.1, 0.15) is 0 Å². The number of nitrogens with zero attached hydrogens (tertiary/aromatic N) is 1. The molecule has 1 unspecified atom stereocenters. The van der Waals surface area contributed by atoms with Gasteiger partial charge in [0, 0.05) is 18.2 Å². The van der Waals surface area contributed by atoms with Crippen LogP contribution in [0.25, 0.3) is 10.8 Å². The predicted molar refractivity (Wildman–Crippen MR) is 76.4 cm³/mol. The van der Waals surface area contributed by atoms with Crippen molar-refractivity contribution >= 4 is 22.4 Å². The molecule has 1 aromatic heterocycles. The van der Waals surface area contributed by atoms with Gasteiger partial charge in [-0.15, -0.1) is 0 Å². The number of benzene rings is 1. The first kappa shape index (κ1) is 14.7. The number of hydrogen-bond acceptors (Lipinski definition) is 5.